The summed E-state index contributed by atoms with van der Waals surface area (Å²) in [5.41, 5.74) is 0. The third-order valence-corrected chi connectivity index (χ3v) is 33.7. The van der Waals surface area contributed by atoms with Gasteiger partial charge in [0.05, 0.1) is 110 Å². The van der Waals surface area contributed by atoms with Gasteiger partial charge in [-0.05, 0) is 126 Å². The summed E-state index contributed by atoms with van der Waals surface area (Å²) in [6, 6.07) is 47.6. The van der Waals surface area contributed by atoms with E-state index < -0.39 is 29.0 Å². The van der Waals surface area contributed by atoms with E-state index in [9.17, 15) is 0 Å². The fourth-order valence-electron chi connectivity index (χ4n) is 11.0. The largest absolute Gasteiger partial charge is 0.0991 e. The molecule has 0 amide bonds. The van der Waals surface area contributed by atoms with Crippen LogP contribution in [0.5, 0.6) is 0 Å². The minimum absolute atomic E-state index is 0.840. The van der Waals surface area contributed by atoms with Crippen molar-refractivity contribution >= 4 is 50.3 Å². The van der Waals surface area contributed by atoms with Crippen LogP contribution < -0.4 is 21.2 Å². The molecule has 0 N–H and O–H groups in total. The van der Waals surface area contributed by atoms with Gasteiger partial charge in [-0.15, -0.1) is 0 Å². The Hall–Kier alpha value is -1.40. The van der Waals surface area contributed by atoms with Crippen LogP contribution in [0.2, 0.25) is 0 Å². The van der Waals surface area contributed by atoms with Crippen molar-refractivity contribution < 1.29 is 0 Å². The SMILES string of the molecule is CCC[P+](CCC)(CCC)CCCC[P+](CCCC[P+](CCCC[P+](CCC)(CCC)CCC)(c1ccccc1)c1ccccc1)(c1ccccc1)c1ccccc1. The first-order valence-electron chi connectivity index (χ1n) is 24.1. The first-order chi connectivity index (χ1) is 28.4. The molecule has 0 aliphatic carbocycles. The summed E-state index contributed by atoms with van der Waals surface area (Å²) >= 11 is 0. The molecule has 4 aromatic rings. The molecule has 0 aliphatic rings. The predicted octanol–water partition coefficient (Wildman–Crippen LogP) is 15.2. The Labute approximate surface area is 362 Å². The van der Waals surface area contributed by atoms with Gasteiger partial charge in [-0.25, -0.2) is 0 Å². The fraction of sp³-hybridized carbons (Fsp3) is 0.556. The van der Waals surface area contributed by atoms with Gasteiger partial charge in [0.2, 0.25) is 0 Å². The van der Waals surface area contributed by atoms with Crippen LogP contribution in [0.15, 0.2) is 121 Å². The molecule has 0 nitrogen and oxygen atoms in total. The molecule has 0 saturated heterocycles. The average Bonchev–Trinajstić information content (AvgIpc) is 3.26. The molecule has 0 aliphatic heterocycles. The van der Waals surface area contributed by atoms with Gasteiger partial charge in [-0.3, -0.25) is 0 Å². The molecule has 0 saturated carbocycles. The maximum absolute atomic E-state index is 2.51. The first-order valence-corrected chi connectivity index (χ1v) is 33.5. The van der Waals surface area contributed by atoms with Crippen LogP contribution in [-0.4, -0.2) is 73.9 Å². The minimum Gasteiger partial charge on any atom is -0.0620 e. The average molecular weight is 859 g/mol. The van der Waals surface area contributed by atoms with E-state index in [1.54, 1.807) is 21.2 Å². The third-order valence-electron chi connectivity index (χ3n) is 13.4. The highest BCUT2D eigenvalue weighted by molar-refractivity contribution is 7.90. The second-order valence-corrected chi connectivity index (χ2v) is 34.4. The van der Waals surface area contributed by atoms with Gasteiger partial charge in [0, 0.05) is 14.5 Å². The van der Waals surface area contributed by atoms with Gasteiger partial charge in [0.15, 0.2) is 0 Å². The predicted molar refractivity (Wildman–Crippen MR) is 280 cm³/mol. The molecule has 0 radical (unpaired) electrons. The highest BCUT2D eigenvalue weighted by atomic mass is 31.2. The molecule has 58 heavy (non-hydrogen) atoms. The summed E-state index contributed by atoms with van der Waals surface area (Å²) in [6.07, 6.45) is 33.9. The lowest BCUT2D eigenvalue weighted by molar-refractivity contribution is 0.852. The van der Waals surface area contributed by atoms with E-state index in [1.807, 2.05) is 0 Å². The quantitative estimate of drug-likeness (QED) is 0.0349. The summed E-state index contributed by atoms with van der Waals surface area (Å²) in [5, 5.41) is 6.57. The zero-order valence-corrected chi connectivity index (χ0v) is 41.9. The van der Waals surface area contributed by atoms with E-state index in [2.05, 4.69) is 163 Å². The van der Waals surface area contributed by atoms with Crippen LogP contribution in [0, 0.1) is 0 Å². The van der Waals surface area contributed by atoms with Crippen LogP contribution in [0.4, 0.5) is 0 Å². The molecule has 0 spiro atoms. The Morgan fingerprint density at radius 1 is 0.241 bits per heavy atom. The zero-order valence-electron chi connectivity index (χ0n) is 38.3. The molecule has 0 aromatic heterocycles. The minimum atomic E-state index is -1.59. The molecule has 4 rings (SSSR count). The molecule has 4 aromatic carbocycles. The molecular formula is C54H86P4+4. The smallest absolute Gasteiger partial charge is 0.0620 e. The Balaban J connectivity index is 1.62. The number of unbranched alkanes of at least 4 members (excludes halogenated alkanes) is 3. The second-order valence-electron chi connectivity index (χ2n) is 17.8. The van der Waals surface area contributed by atoms with Crippen molar-refractivity contribution in [3.05, 3.63) is 121 Å². The summed E-state index contributed by atoms with van der Waals surface area (Å²) in [4.78, 5) is 0. The van der Waals surface area contributed by atoms with Gasteiger partial charge in [-0.1, -0.05) is 114 Å². The molecule has 0 fully saturated rings. The molecule has 0 unspecified atom stereocenters. The van der Waals surface area contributed by atoms with Crippen molar-refractivity contribution in [2.45, 2.75) is 119 Å². The Bertz CT molecular complexity index is 1370. The van der Waals surface area contributed by atoms with E-state index >= 15 is 0 Å². The molecule has 318 valence electrons. The Morgan fingerprint density at radius 2 is 0.431 bits per heavy atom. The lowest BCUT2D eigenvalue weighted by Gasteiger charge is -2.31. The van der Waals surface area contributed by atoms with Crippen LogP contribution in [-0.2, 0) is 0 Å². The maximum Gasteiger partial charge on any atom is 0.0991 e. The monoisotopic (exact) mass is 859 g/mol. The summed E-state index contributed by atoms with van der Waals surface area (Å²) < 4.78 is 0. The standard InChI is InChI=1S/C54H86P4/c1-7-39-55(40-8-2,41-9-3)45-25-27-47-57(51-31-17-13-18-32-51,52-33-19-14-20-34-52)49-29-30-50-58(53-35-21-15-22-36-53,54-37-23-16-24-38-54)48-28-26-46-56(42-10-4,43-11-5)44-12-6/h13-24,31-38H,7-12,25-30,39-50H2,1-6H3/q+4. The van der Waals surface area contributed by atoms with Gasteiger partial charge < -0.3 is 0 Å². The van der Waals surface area contributed by atoms with Crippen LogP contribution in [0.25, 0.3) is 0 Å². The lowest BCUT2D eigenvalue weighted by Crippen LogP contribution is -2.29. The molecule has 4 heteroatoms. The number of rotatable bonds is 31. The van der Waals surface area contributed by atoms with Crippen LogP contribution >= 0.6 is 29.0 Å². The maximum atomic E-state index is 2.51. The topological polar surface area (TPSA) is 0 Å². The van der Waals surface area contributed by atoms with Crippen LogP contribution in [0.3, 0.4) is 0 Å². The zero-order chi connectivity index (χ0) is 41.4. The highest BCUT2D eigenvalue weighted by Crippen LogP contribution is 2.64. The number of benzene rings is 4. The van der Waals surface area contributed by atoms with Crippen molar-refractivity contribution in [1.82, 2.24) is 0 Å². The molecule has 0 heterocycles. The van der Waals surface area contributed by atoms with Crippen molar-refractivity contribution in [3.63, 3.8) is 0 Å². The first kappa shape index (κ1) is 49.3. The van der Waals surface area contributed by atoms with E-state index in [0.29, 0.717) is 0 Å². The summed E-state index contributed by atoms with van der Waals surface area (Å²) in [5.74, 6) is 0. The number of hydrogen-bond donors (Lipinski definition) is 0. The van der Waals surface area contributed by atoms with E-state index in [4.69, 9.17) is 0 Å². The Morgan fingerprint density at radius 3 is 0.621 bits per heavy atom. The van der Waals surface area contributed by atoms with E-state index in [-0.39, 0.29) is 0 Å². The van der Waals surface area contributed by atoms with Crippen LogP contribution in [0.1, 0.15) is 119 Å². The highest BCUT2D eigenvalue weighted by Gasteiger charge is 2.45. The normalized spacial score (nSPS) is 12.6. The fourth-order valence-corrected chi connectivity index (χ4v) is 30.3. The second kappa shape index (κ2) is 26.8. The Kier molecular flexibility index (Phi) is 22.8. The van der Waals surface area contributed by atoms with Crippen molar-refractivity contribution in [2.75, 3.05) is 73.9 Å². The van der Waals surface area contributed by atoms with Gasteiger partial charge in [0.1, 0.15) is 0 Å². The lowest BCUT2D eigenvalue weighted by atomic mass is 10.3. The number of hydrogen-bond acceptors (Lipinski definition) is 0. The van der Waals surface area contributed by atoms with Crippen molar-refractivity contribution in [1.29, 1.82) is 0 Å². The van der Waals surface area contributed by atoms with Gasteiger partial charge >= 0.3 is 0 Å². The molecule has 0 atom stereocenters. The van der Waals surface area contributed by atoms with Crippen molar-refractivity contribution in [2.24, 2.45) is 0 Å². The summed E-state index contributed by atoms with van der Waals surface area (Å²) in [7, 11) is -4.86. The van der Waals surface area contributed by atoms with Gasteiger partial charge in [0.25, 0.3) is 0 Å². The molecular weight excluding hydrogens is 772 g/mol. The molecule has 0 bridgehead atoms. The summed E-state index contributed by atoms with van der Waals surface area (Å²) in [6.45, 7) is 14.6. The van der Waals surface area contributed by atoms with E-state index in [1.165, 1.54) is 151 Å². The van der Waals surface area contributed by atoms with Crippen molar-refractivity contribution in [3.8, 4) is 0 Å². The third kappa shape index (κ3) is 14.1. The van der Waals surface area contributed by atoms with E-state index in [0.717, 1.165) is 0 Å². The van der Waals surface area contributed by atoms with Gasteiger partial charge in [-0.2, -0.15) is 0 Å².